The number of rotatable bonds is 5. The molecular weight excluding hydrogens is 363 g/mol. The van der Waals surface area contributed by atoms with Gasteiger partial charge in [0.1, 0.15) is 5.75 Å². The summed E-state index contributed by atoms with van der Waals surface area (Å²) >= 11 is 11.8. The van der Waals surface area contributed by atoms with Crippen molar-refractivity contribution in [1.82, 2.24) is 4.90 Å². The number of benzene rings is 2. The van der Waals surface area contributed by atoms with Crippen molar-refractivity contribution >= 4 is 40.7 Å². The van der Waals surface area contributed by atoms with Crippen LogP contribution >= 0.6 is 23.2 Å². The third-order valence-electron chi connectivity index (χ3n) is 3.59. The second-order valence-corrected chi connectivity index (χ2v) is 6.34. The number of carbonyl (C=O) groups is 2. The number of nitrogens with one attached hydrogen (secondary N) is 1. The van der Waals surface area contributed by atoms with Gasteiger partial charge in [-0.15, -0.1) is 0 Å². The summed E-state index contributed by atoms with van der Waals surface area (Å²) in [6, 6.07) is 9.94. The Morgan fingerprint density at radius 3 is 2.48 bits per heavy atom. The predicted octanol–water partition coefficient (Wildman–Crippen LogP) is 4.02. The van der Waals surface area contributed by atoms with E-state index in [2.05, 4.69) is 5.32 Å². The summed E-state index contributed by atoms with van der Waals surface area (Å²) in [5, 5.41) is 3.42. The zero-order valence-corrected chi connectivity index (χ0v) is 15.6. The zero-order chi connectivity index (χ0) is 18.6. The lowest BCUT2D eigenvalue weighted by atomic mass is 10.1. The van der Waals surface area contributed by atoms with Crippen LogP contribution in [0.15, 0.2) is 36.4 Å². The standard InChI is InChI=1S/C18H18Cl2N2O3/c1-11-4-5-12(8-16(11)25-3)18(24)22(2)10-17(23)21-13-6-7-14(19)15(20)9-13/h4-9H,10H2,1-3H3,(H,21,23). The van der Waals surface area contributed by atoms with E-state index in [-0.39, 0.29) is 18.4 Å². The number of amides is 2. The Hall–Kier alpha value is -2.24. The van der Waals surface area contributed by atoms with Gasteiger partial charge in [0.2, 0.25) is 5.91 Å². The average molecular weight is 381 g/mol. The van der Waals surface area contributed by atoms with E-state index in [0.29, 0.717) is 27.0 Å². The molecule has 0 saturated carbocycles. The van der Waals surface area contributed by atoms with Crippen LogP contribution in [-0.2, 0) is 4.79 Å². The van der Waals surface area contributed by atoms with E-state index < -0.39 is 0 Å². The minimum atomic E-state index is -0.340. The summed E-state index contributed by atoms with van der Waals surface area (Å²) in [6.45, 7) is 1.79. The maximum atomic E-state index is 12.5. The van der Waals surface area contributed by atoms with Gasteiger partial charge >= 0.3 is 0 Å². The molecule has 132 valence electrons. The third-order valence-corrected chi connectivity index (χ3v) is 4.32. The Bertz CT molecular complexity index is 809. The number of nitrogens with zero attached hydrogens (tertiary/aromatic N) is 1. The maximum Gasteiger partial charge on any atom is 0.254 e. The minimum Gasteiger partial charge on any atom is -0.496 e. The van der Waals surface area contributed by atoms with Gasteiger partial charge in [0.05, 0.1) is 23.7 Å². The molecule has 2 amide bonds. The second-order valence-electron chi connectivity index (χ2n) is 5.52. The first-order valence-corrected chi connectivity index (χ1v) is 8.22. The molecule has 0 aliphatic rings. The lowest BCUT2D eigenvalue weighted by Crippen LogP contribution is -2.34. The zero-order valence-electron chi connectivity index (χ0n) is 14.1. The van der Waals surface area contributed by atoms with Crippen molar-refractivity contribution in [3.63, 3.8) is 0 Å². The van der Waals surface area contributed by atoms with Crippen LogP contribution in [0.5, 0.6) is 5.75 Å². The van der Waals surface area contributed by atoms with Crippen LogP contribution in [0.2, 0.25) is 10.0 Å². The van der Waals surface area contributed by atoms with E-state index in [4.69, 9.17) is 27.9 Å². The number of methoxy groups -OCH3 is 1. The number of ether oxygens (including phenoxy) is 1. The number of carbonyl (C=O) groups excluding carboxylic acids is 2. The van der Waals surface area contributed by atoms with Crippen LogP contribution in [0.4, 0.5) is 5.69 Å². The molecule has 2 rings (SSSR count). The Morgan fingerprint density at radius 2 is 1.84 bits per heavy atom. The molecular formula is C18H18Cl2N2O3. The van der Waals surface area contributed by atoms with Gasteiger partial charge in [-0.3, -0.25) is 9.59 Å². The summed E-state index contributed by atoms with van der Waals surface area (Å²) in [4.78, 5) is 25.9. The number of likely N-dealkylation sites (N-methyl/N-ethyl adjacent to an activating group) is 1. The Balaban J connectivity index is 2.02. The first kappa shape index (κ1) is 19.1. The van der Waals surface area contributed by atoms with Crippen LogP contribution in [0, 0.1) is 6.92 Å². The summed E-state index contributed by atoms with van der Waals surface area (Å²) in [5.41, 5.74) is 1.89. The molecule has 1 N–H and O–H groups in total. The first-order chi connectivity index (χ1) is 11.8. The van der Waals surface area contributed by atoms with Crippen molar-refractivity contribution < 1.29 is 14.3 Å². The van der Waals surface area contributed by atoms with E-state index in [0.717, 1.165) is 5.56 Å². The molecule has 0 atom stereocenters. The monoisotopic (exact) mass is 380 g/mol. The number of anilines is 1. The van der Waals surface area contributed by atoms with Gasteiger partial charge in [-0.25, -0.2) is 0 Å². The molecule has 0 heterocycles. The number of hydrogen-bond acceptors (Lipinski definition) is 3. The molecule has 0 unspecified atom stereocenters. The normalized spacial score (nSPS) is 10.3. The quantitative estimate of drug-likeness (QED) is 0.851. The van der Waals surface area contributed by atoms with E-state index >= 15 is 0 Å². The van der Waals surface area contributed by atoms with Crippen LogP contribution in [0.1, 0.15) is 15.9 Å². The summed E-state index contributed by atoms with van der Waals surface area (Å²) in [7, 11) is 3.11. The lowest BCUT2D eigenvalue weighted by Gasteiger charge is -2.18. The van der Waals surface area contributed by atoms with Crippen molar-refractivity contribution in [2.24, 2.45) is 0 Å². The fourth-order valence-corrected chi connectivity index (χ4v) is 2.53. The van der Waals surface area contributed by atoms with Crippen molar-refractivity contribution in [1.29, 1.82) is 0 Å². The van der Waals surface area contributed by atoms with Gasteiger partial charge in [0.25, 0.3) is 5.91 Å². The van der Waals surface area contributed by atoms with Gasteiger partial charge in [-0.2, -0.15) is 0 Å². The Kier molecular flexibility index (Phi) is 6.28. The molecule has 7 heteroatoms. The number of aryl methyl sites for hydroxylation is 1. The van der Waals surface area contributed by atoms with Gasteiger partial charge in [-0.05, 0) is 42.8 Å². The van der Waals surface area contributed by atoms with Crippen molar-refractivity contribution in [2.45, 2.75) is 6.92 Å². The van der Waals surface area contributed by atoms with Gasteiger partial charge in [0.15, 0.2) is 0 Å². The summed E-state index contributed by atoms with van der Waals surface area (Å²) < 4.78 is 5.22. The molecule has 2 aromatic carbocycles. The molecule has 25 heavy (non-hydrogen) atoms. The molecule has 2 aromatic rings. The molecule has 0 bridgehead atoms. The SMILES string of the molecule is COc1cc(C(=O)N(C)CC(=O)Nc2ccc(Cl)c(Cl)c2)ccc1C. The third kappa shape index (κ3) is 4.87. The predicted molar refractivity (Wildman–Crippen MR) is 99.8 cm³/mol. The fraction of sp³-hybridized carbons (Fsp3) is 0.222. The molecule has 0 fully saturated rings. The largest absolute Gasteiger partial charge is 0.496 e. The lowest BCUT2D eigenvalue weighted by molar-refractivity contribution is -0.116. The van der Waals surface area contributed by atoms with Crippen LogP contribution < -0.4 is 10.1 Å². The molecule has 0 saturated heterocycles. The van der Waals surface area contributed by atoms with E-state index in [1.807, 2.05) is 6.92 Å². The van der Waals surface area contributed by atoms with Crippen LogP contribution in [-0.4, -0.2) is 37.4 Å². The van der Waals surface area contributed by atoms with Crippen molar-refractivity contribution in [3.05, 3.63) is 57.6 Å². The van der Waals surface area contributed by atoms with Gasteiger partial charge in [-0.1, -0.05) is 29.3 Å². The summed E-state index contributed by atoms with van der Waals surface area (Å²) in [5.74, 6) is 0.00964. The number of hydrogen-bond donors (Lipinski definition) is 1. The number of halogens is 2. The smallest absolute Gasteiger partial charge is 0.254 e. The average Bonchev–Trinajstić information content (AvgIpc) is 2.57. The molecule has 0 aromatic heterocycles. The topological polar surface area (TPSA) is 58.6 Å². The van der Waals surface area contributed by atoms with Crippen molar-refractivity contribution in [2.75, 3.05) is 26.0 Å². The van der Waals surface area contributed by atoms with E-state index in [1.54, 1.807) is 50.6 Å². The van der Waals surface area contributed by atoms with Gasteiger partial charge < -0.3 is 15.0 Å². The molecule has 0 aliphatic heterocycles. The van der Waals surface area contributed by atoms with E-state index in [9.17, 15) is 9.59 Å². The van der Waals surface area contributed by atoms with Crippen LogP contribution in [0.25, 0.3) is 0 Å². The molecule has 0 radical (unpaired) electrons. The Morgan fingerprint density at radius 1 is 1.12 bits per heavy atom. The van der Waals surface area contributed by atoms with Gasteiger partial charge in [0, 0.05) is 18.3 Å². The highest BCUT2D eigenvalue weighted by atomic mass is 35.5. The molecule has 0 spiro atoms. The molecule has 0 aliphatic carbocycles. The first-order valence-electron chi connectivity index (χ1n) is 7.47. The highest BCUT2D eigenvalue weighted by molar-refractivity contribution is 6.42. The highest BCUT2D eigenvalue weighted by Gasteiger charge is 2.16. The molecule has 5 nitrogen and oxygen atoms in total. The minimum absolute atomic E-state index is 0.102. The second kappa shape index (κ2) is 8.23. The Labute approximate surface area is 156 Å². The summed E-state index contributed by atoms with van der Waals surface area (Å²) in [6.07, 6.45) is 0. The highest BCUT2D eigenvalue weighted by Crippen LogP contribution is 2.25. The van der Waals surface area contributed by atoms with Crippen molar-refractivity contribution in [3.8, 4) is 5.75 Å². The fourth-order valence-electron chi connectivity index (χ4n) is 2.24. The maximum absolute atomic E-state index is 12.5. The van der Waals surface area contributed by atoms with Crippen LogP contribution in [0.3, 0.4) is 0 Å². The van der Waals surface area contributed by atoms with E-state index in [1.165, 1.54) is 4.90 Å².